The molecule has 148 valence electrons. The van der Waals surface area contributed by atoms with E-state index in [-0.39, 0.29) is 10.8 Å². The number of fused-ring (bicyclic) bond motifs is 1. The van der Waals surface area contributed by atoms with Crippen molar-refractivity contribution in [2.45, 2.75) is 17.2 Å². The van der Waals surface area contributed by atoms with Gasteiger partial charge in [0.2, 0.25) is 10.0 Å². The number of pyridine rings is 1. The third kappa shape index (κ3) is 4.59. The van der Waals surface area contributed by atoms with E-state index in [1.807, 2.05) is 42.5 Å². The molecule has 2 N–H and O–H groups in total. The maximum atomic E-state index is 12.8. The lowest BCUT2D eigenvalue weighted by Gasteiger charge is -2.12. The molecule has 0 unspecified atom stereocenters. The molecule has 0 radical (unpaired) electrons. The Kier molecular flexibility index (Phi) is 5.82. The number of hydrogen-bond donors (Lipinski definition) is 2. The topological polar surface area (TPSA) is 71.1 Å². The molecule has 0 aliphatic heterocycles. The van der Waals surface area contributed by atoms with Gasteiger partial charge in [-0.2, -0.15) is 0 Å². The first-order chi connectivity index (χ1) is 14.0. The molecule has 2 aromatic heterocycles. The smallest absolute Gasteiger partial charge is 0.250 e. The monoisotopic (exact) mass is 443 g/mol. The van der Waals surface area contributed by atoms with Crippen molar-refractivity contribution in [3.63, 3.8) is 0 Å². The van der Waals surface area contributed by atoms with Gasteiger partial charge in [-0.25, -0.2) is 18.1 Å². The van der Waals surface area contributed by atoms with Crippen LogP contribution < -0.4 is 10.0 Å². The van der Waals surface area contributed by atoms with Crippen molar-refractivity contribution in [2.24, 2.45) is 0 Å². The summed E-state index contributed by atoms with van der Waals surface area (Å²) in [6.07, 6.45) is 10.5. The number of nitrogens with one attached hydrogen (secondary N) is 2. The highest BCUT2D eigenvalue weighted by atomic mass is 35.5. The standard InChI is InChI=1S/C21H18ClN3O2S2/c22-18-13-20(28-21(18)25-19-11-4-5-12-23-19)29(26,27)24-14-16-9-6-8-15-7-2-1-3-10-17(15)16/h1-9,11-13,24H,10,14H2,(H,23,25). The van der Waals surface area contributed by atoms with Crippen LogP contribution >= 0.6 is 22.9 Å². The van der Waals surface area contributed by atoms with Crippen molar-refractivity contribution in [3.8, 4) is 0 Å². The average molecular weight is 444 g/mol. The Morgan fingerprint density at radius 2 is 2.03 bits per heavy atom. The number of hydrogen-bond acceptors (Lipinski definition) is 5. The summed E-state index contributed by atoms with van der Waals surface area (Å²) in [5.74, 6) is 0.598. The third-order valence-electron chi connectivity index (χ3n) is 4.44. The maximum Gasteiger partial charge on any atom is 0.250 e. The lowest BCUT2D eigenvalue weighted by atomic mass is 9.99. The minimum atomic E-state index is -3.70. The second kappa shape index (κ2) is 8.51. The molecule has 1 aromatic carbocycles. The van der Waals surface area contributed by atoms with E-state index in [9.17, 15) is 8.42 Å². The van der Waals surface area contributed by atoms with E-state index in [2.05, 4.69) is 21.1 Å². The zero-order chi connectivity index (χ0) is 20.3. The summed E-state index contributed by atoms with van der Waals surface area (Å²) in [7, 11) is -3.70. The maximum absolute atomic E-state index is 12.8. The Hall–Kier alpha value is -2.45. The van der Waals surface area contributed by atoms with Gasteiger partial charge in [0, 0.05) is 12.7 Å². The van der Waals surface area contributed by atoms with E-state index in [0.717, 1.165) is 34.4 Å². The van der Waals surface area contributed by atoms with Gasteiger partial charge in [-0.15, -0.1) is 11.3 Å². The molecule has 3 aromatic rings. The van der Waals surface area contributed by atoms with Gasteiger partial charge in [-0.05, 0) is 41.3 Å². The summed E-state index contributed by atoms with van der Waals surface area (Å²) in [5.41, 5.74) is 3.19. The minimum absolute atomic E-state index is 0.155. The van der Waals surface area contributed by atoms with Crippen molar-refractivity contribution >= 4 is 49.9 Å². The molecule has 0 bridgehead atoms. The Bertz CT molecular complexity index is 1190. The van der Waals surface area contributed by atoms with E-state index in [0.29, 0.717) is 15.8 Å². The Morgan fingerprint density at radius 1 is 1.14 bits per heavy atom. The number of sulfonamides is 1. The van der Waals surface area contributed by atoms with Gasteiger partial charge in [-0.1, -0.05) is 60.2 Å². The Labute approximate surface area is 178 Å². The van der Waals surface area contributed by atoms with Gasteiger partial charge < -0.3 is 5.32 Å². The minimum Gasteiger partial charge on any atom is -0.331 e. The molecule has 0 fully saturated rings. The van der Waals surface area contributed by atoms with E-state index in [4.69, 9.17) is 11.6 Å². The largest absolute Gasteiger partial charge is 0.331 e. The van der Waals surface area contributed by atoms with Crippen molar-refractivity contribution in [2.75, 3.05) is 5.32 Å². The summed E-state index contributed by atoms with van der Waals surface area (Å²) in [6, 6.07) is 12.8. The molecule has 1 aliphatic rings. The molecule has 2 heterocycles. The second-order valence-electron chi connectivity index (χ2n) is 6.38. The molecule has 0 amide bonds. The number of halogens is 1. The van der Waals surface area contributed by atoms with Crippen LogP contribution in [0.4, 0.5) is 10.8 Å². The normalized spacial score (nSPS) is 13.1. The molecule has 1 aliphatic carbocycles. The summed E-state index contributed by atoms with van der Waals surface area (Å²) in [4.78, 5) is 4.17. The van der Waals surface area contributed by atoms with Gasteiger partial charge in [0.05, 0.1) is 5.02 Å². The zero-order valence-corrected chi connectivity index (χ0v) is 17.7. The van der Waals surface area contributed by atoms with Crippen LogP contribution in [-0.2, 0) is 23.0 Å². The van der Waals surface area contributed by atoms with E-state index >= 15 is 0 Å². The van der Waals surface area contributed by atoms with Crippen LogP contribution in [0.1, 0.15) is 16.7 Å². The number of nitrogens with zero attached hydrogens (tertiary/aromatic N) is 1. The van der Waals surface area contributed by atoms with Crippen LogP contribution in [0.3, 0.4) is 0 Å². The van der Waals surface area contributed by atoms with Gasteiger partial charge in [0.1, 0.15) is 15.0 Å². The summed E-state index contributed by atoms with van der Waals surface area (Å²) in [6.45, 7) is 0.214. The predicted molar refractivity (Wildman–Crippen MR) is 119 cm³/mol. The number of allylic oxidation sites excluding steroid dienone is 3. The highest BCUT2D eigenvalue weighted by molar-refractivity contribution is 7.91. The fourth-order valence-corrected chi connectivity index (χ4v) is 5.73. The summed E-state index contributed by atoms with van der Waals surface area (Å²) < 4.78 is 28.5. The molecule has 0 saturated carbocycles. The highest BCUT2D eigenvalue weighted by Crippen LogP contribution is 2.36. The van der Waals surface area contributed by atoms with Crippen LogP contribution in [0, 0.1) is 0 Å². The van der Waals surface area contributed by atoms with Crippen molar-refractivity contribution in [1.29, 1.82) is 0 Å². The molecule has 0 saturated heterocycles. The molecule has 5 nitrogen and oxygen atoms in total. The number of benzene rings is 1. The number of rotatable bonds is 6. The van der Waals surface area contributed by atoms with Gasteiger partial charge in [0.15, 0.2) is 0 Å². The third-order valence-corrected chi connectivity index (χ3v) is 7.78. The highest BCUT2D eigenvalue weighted by Gasteiger charge is 2.20. The molecule has 0 atom stereocenters. The van der Waals surface area contributed by atoms with Crippen LogP contribution in [0.15, 0.2) is 71.1 Å². The van der Waals surface area contributed by atoms with E-state index < -0.39 is 10.0 Å². The quantitative estimate of drug-likeness (QED) is 0.553. The number of aromatic nitrogens is 1. The number of anilines is 2. The molecule has 29 heavy (non-hydrogen) atoms. The van der Waals surface area contributed by atoms with Crippen LogP contribution in [-0.4, -0.2) is 13.4 Å². The predicted octanol–water partition coefficient (Wildman–Crippen LogP) is 5.14. The fourth-order valence-electron chi connectivity index (χ4n) is 3.01. The molecular formula is C21H18ClN3O2S2. The van der Waals surface area contributed by atoms with Gasteiger partial charge in [-0.3, -0.25) is 0 Å². The lowest BCUT2D eigenvalue weighted by Crippen LogP contribution is -2.23. The van der Waals surface area contributed by atoms with Crippen LogP contribution in [0.5, 0.6) is 0 Å². The molecular weight excluding hydrogens is 426 g/mol. The average Bonchev–Trinajstić information content (AvgIpc) is 2.94. The van der Waals surface area contributed by atoms with Crippen molar-refractivity contribution < 1.29 is 8.42 Å². The first-order valence-corrected chi connectivity index (χ1v) is 11.6. The lowest BCUT2D eigenvalue weighted by molar-refractivity contribution is 0.583. The zero-order valence-electron chi connectivity index (χ0n) is 15.3. The van der Waals surface area contributed by atoms with Gasteiger partial charge in [0.25, 0.3) is 0 Å². The summed E-state index contributed by atoms with van der Waals surface area (Å²) >= 11 is 7.32. The van der Waals surface area contributed by atoms with E-state index in [1.165, 1.54) is 6.07 Å². The molecule has 8 heteroatoms. The Morgan fingerprint density at radius 3 is 2.86 bits per heavy atom. The number of thiophene rings is 1. The fraction of sp³-hybridized carbons (Fsp3) is 0.0952. The molecule has 4 rings (SSSR count). The second-order valence-corrected chi connectivity index (χ2v) is 9.84. The van der Waals surface area contributed by atoms with Crippen LogP contribution in [0.2, 0.25) is 5.02 Å². The Balaban J connectivity index is 1.52. The van der Waals surface area contributed by atoms with Gasteiger partial charge >= 0.3 is 0 Å². The first-order valence-electron chi connectivity index (χ1n) is 8.94. The van der Waals surface area contributed by atoms with Crippen molar-refractivity contribution in [1.82, 2.24) is 9.71 Å². The van der Waals surface area contributed by atoms with E-state index in [1.54, 1.807) is 18.3 Å². The SMILES string of the molecule is O=S(=O)(NCc1cccc2c1CC=CC=C2)c1cc(Cl)c(Nc2ccccn2)s1. The van der Waals surface area contributed by atoms with Crippen LogP contribution in [0.25, 0.3) is 6.08 Å². The first kappa shape index (κ1) is 19.8. The van der Waals surface area contributed by atoms with Crippen molar-refractivity contribution in [3.05, 3.63) is 88.6 Å². The summed E-state index contributed by atoms with van der Waals surface area (Å²) in [5, 5.41) is 3.93. The molecule has 0 spiro atoms.